The van der Waals surface area contributed by atoms with Crippen LogP contribution in [-0.2, 0) is 4.79 Å². The first-order chi connectivity index (χ1) is 17.6. The molecule has 2 aromatic heterocycles. The van der Waals surface area contributed by atoms with Crippen LogP contribution in [0.1, 0.15) is 30.2 Å². The molecule has 0 N–H and O–H groups in total. The highest BCUT2D eigenvalue weighted by molar-refractivity contribution is 5.92. The molecular formula is C26H29N5O5. The van der Waals surface area contributed by atoms with Gasteiger partial charge in [0.25, 0.3) is 0 Å². The van der Waals surface area contributed by atoms with E-state index in [1.807, 2.05) is 17.0 Å². The quantitative estimate of drug-likeness (QED) is 0.439. The van der Waals surface area contributed by atoms with Gasteiger partial charge < -0.3 is 28.5 Å². The predicted molar refractivity (Wildman–Crippen MR) is 133 cm³/mol. The molecule has 1 saturated carbocycles. The van der Waals surface area contributed by atoms with Crippen molar-refractivity contribution < 1.29 is 23.5 Å². The summed E-state index contributed by atoms with van der Waals surface area (Å²) in [6.45, 7) is 2.61. The average molecular weight is 492 g/mol. The van der Waals surface area contributed by atoms with Gasteiger partial charge in [0, 0.05) is 49.9 Å². The molecule has 188 valence electrons. The molecule has 0 radical (unpaired) electrons. The van der Waals surface area contributed by atoms with E-state index in [4.69, 9.17) is 18.7 Å². The molecule has 0 atom stereocenters. The molecular weight excluding hydrogens is 462 g/mol. The van der Waals surface area contributed by atoms with E-state index in [0.717, 1.165) is 29.8 Å². The maximum atomic E-state index is 12.8. The number of amides is 1. The summed E-state index contributed by atoms with van der Waals surface area (Å²) in [5, 5.41) is 4.08. The molecule has 0 unspecified atom stereocenters. The number of methoxy groups -OCH3 is 3. The van der Waals surface area contributed by atoms with Crippen LogP contribution in [0.4, 0.5) is 5.82 Å². The molecule has 1 amide bonds. The van der Waals surface area contributed by atoms with E-state index >= 15 is 0 Å². The fraction of sp³-hybridized carbons (Fsp3) is 0.385. The standard InChI is InChI=1S/C26H29N5O5/c1-33-20-14-17(15-21(34-2)24(20)35-3)4-9-23(32)31-12-10-30(11-13-31)22-8-7-19(16-27-22)25-28-26(36-29-25)18-5-6-18/h4,7-9,14-16,18H,5-6,10-13H2,1-3H3/b9-4-. The van der Waals surface area contributed by atoms with Crippen LogP contribution in [0.15, 0.2) is 41.1 Å². The zero-order valence-corrected chi connectivity index (χ0v) is 20.6. The molecule has 3 heterocycles. The van der Waals surface area contributed by atoms with Crippen molar-refractivity contribution >= 4 is 17.8 Å². The normalized spacial score (nSPS) is 15.9. The lowest BCUT2D eigenvalue weighted by atomic mass is 10.1. The van der Waals surface area contributed by atoms with Crippen molar-refractivity contribution in [3.63, 3.8) is 0 Å². The fourth-order valence-corrected chi connectivity index (χ4v) is 4.18. The Kier molecular flexibility index (Phi) is 6.75. The minimum absolute atomic E-state index is 0.0460. The third kappa shape index (κ3) is 4.98. The molecule has 1 aliphatic heterocycles. The molecule has 2 aliphatic rings. The molecule has 0 bridgehead atoms. The SMILES string of the molecule is COc1cc(/C=C\C(=O)N2CCN(c3ccc(-c4noc(C5CC5)n4)cn3)CC2)cc(OC)c1OC. The summed E-state index contributed by atoms with van der Waals surface area (Å²) in [4.78, 5) is 25.9. The van der Waals surface area contributed by atoms with Crippen LogP contribution >= 0.6 is 0 Å². The second-order valence-electron chi connectivity index (χ2n) is 8.74. The number of anilines is 1. The molecule has 0 spiro atoms. The second kappa shape index (κ2) is 10.3. The van der Waals surface area contributed by atoms with E-state index < -0.39 is 0 Å². The van der Waals surface area contributed by atoms with Crippen LogP contribution in [0.5, 0.6) is 17.2 Å². The second-order valence-corrected chi connectivity index (χ2v) is 8.74. The highest BCUT2D eigenvalue weighted by Crippen LogP contribution is 2.40. The maximum absolute atomic E-state index is 12.8. The van der Waals surface area contributed by atoms with E-state index in [0.29, 0.717) is 61.1 Å². The van der Waals surface area contributed by atoms with Crippen molar-refractivity contribution in [1.29, 1.82) is 0 Å². The van der Waals surface area contributed by atoms with E-state index in [-0.39, 0.29) is 5.91 Å². The molecule has 2 fully saturated rings. The van der Waals surface area contributed by atoms with Crippen LogP contribution in [0, 0.1) is 0 Å². The van der Waals surface area contributed by atoms with Gasteiger partial charge in [0.2, 0.25) is 23.4 Å². The predicted octanol–water partition coefficient (Wildman–Crippen LogP) is 3.40. The number of nitrogens with zero attached hydrogens (tertiary/aromatic N) is 5. The largest absolute Gasteiger partial charge is 0.493 e. The Morgan fingerprint density at radius 2 is 1.75 bits per heavy atom. The highest BCUT2D eigenvalue weighted by Gasteiger charge is 2.30. The minimum Gasteiger partial charge on any atom is -0.493 e. The molecule has 10 heteroatoms. The first kappa shape index (κ1) is 23.7. The van der Waals surface area contributed by atoms with Crippen molar-refractivity contribution in [3.05, 3.63) is 48.0 Å². The number of rotatable bonds is 8. The van der Waals surface area contributed by atoms with Crippen molar-refractivity contribution in [2.24, 2.45) is 0 Å². The topological polar surface area (TPSA) is 103 Å². The Morgan fingerprint density at radius 3 is 2.33 bits per heavy atom. The van der Waals surface area contributed by atoms with Gasteiger partial charge in [-0.1, -0.05) is 5.16 Å². The number of carbonyl (C=O) groups excluding carboxylic acids is 1. The van der Waals surface area contributed by atoms with Crippen LogP contribution < -0.4 is 19.1 Å². The highest BCUT2D eigenvalue weighted by atomic mass is 16.5. The summed E-state index contributed by atoms with van der Waals surface area (Å²) < 4.78 is 21.5. The fourth-order valence-electron chi connectivity index (χ4n) is 4.18. The zero-order valence-electron chi connectivity index (χ0n) is 20.6. The number of hydrogen-bond donors (Lipinski definition) is 0. The Bertz CT molecular complexity index is 1220. The van der Waals surface area contributed by atoms with Gasteiger partial charge >= 0.3 is 0 Å². The molecule has 36 heavy (non-hydrogen) atoms. The molecule has 3 aromatic rings. The summed E-state index contributed by atoms with van der Waals surface area (Å²) >= 11 is 0. The van der Waals surface area contributed by atoms with Crippen LogP contribution in [0.2, 0.25) is 0 Å². The third-order valence-corrected chi connectivity index (χ3v) is 6.40. The number of benzene rings is 1. The van der Waals surface area contributed by atoms with Gasteiger partial charge in [0.15, 0.2) is 11.5 Å². The summed E-state index contributed by atoms with van der Waals surface area (Å²) in [6, 6.07) is 7.53. The lowest BCUT2D eigenvalue weighted by molar-refractivity contribution is -0.126. The van der Waals surface area contributed by atoms with Gasteiger partial charge in [-0.2, -0.15) is 4.98 Å². The number of hydrogen-bond acceptors (Lipinski definition) is 9. The van der Waals surface area contributed by atoms with E-state index in [2.05, 4.69) is 20.0 Å². The molecule has 10 nitrogen and oxygen atoms in total. The minimum atomic E-state index is -0.0460. The number of aromatic nitrogens is 3. The van der Waals surface area contributed by atoms with Crippen LogP contribution in [-0.4, -0.2) is 73.4 Å². The Balaban J connectivity index is 1.18. The molecule has 1 aliphatic carbocycles. The lowest BCUT2D eigenvalue weighted by Gasteiger charge is -2.35. The zero-order chi connectivity index (χ0) is 25.1. The Morgan fingerprint density at radius 1 is 1.03 bits per heavy atom. The van der Waals surface area contributed by atoms with Crippen LogP contribution in [0.25, 0.3) is 17.5 Å². The summed E-state index contributed by atoms with van der Waals surface area (Å²) in [5.74, 6) is 4.13. The average Bonchev–Trinajstić information content (AvgIpc) is 3.67. The lowest BCUT2D eigenvalue weighted by Crippen LogP contribution is -2.48. The Labute approximate surface area is 209 Å². The maximum Gasteiger partial charge on any atom is 0.246 e. The number of carbonyl (C=O) groups is 1. The number of ether oxygens (including phenoxy) is 3. The smallest absolute Gasteiger partial charge is 0.246 e. The van der Waals surface area contributed by atoms with Gasteiger partial charge in [-0.3, -0.25) is 4.79 Å². The number of piperazine rings is 1. The third-order valence-electron chi connectivity index (χ3n) is 6.40. The van der Waals surface area contributed by atoms with Crippen molar-refractivity contribution in [3.8, 4) is 28.6 Å². The summed E-state index contributed by atoms with van der Waals surface area (Å²) in [6.07, 6.45) is 7.34. The van der Waals surface area contributed by atoms with Gasteiger partial charge in [-0.25, -0.2) is 4.98 Å². The van der Waals surface area contributed by atoms with Crippen molar-refractivity contribution in [2.45, 2.75) is 18.8 Å². The van der Waals surface area contributed by atoms with Gasteiger partial charge in [-0.15, -0.1) is 0 Å². The first-order valence-electron chi connectivity index (χ1n) is 11.9. The molecule has 1 saturated heterocycles. The Hall–Kier alpha value is -4.08. The van der Waals surface area contributed by atoms with E-state index in [1.165, 1.54) is 0 Å². The monoisotopic (exact) mass is 491 g/mol. The van der Waals surface area contributed by atoms with Gasteiger partial charge in [-0.05, 0) is 48.7 Å². The number of pyridine rings is 1. The van der Waals surface area contributed by atoms with E-state index in [1.54, 1.807) is 51.8 Å². The molecule has 5 rings (SSSR count). The molecule has 1 aromatic carbocycles. The summed E-state index contributed by atoms with van der Waals surface area (Å²) in [5.41, 5.74) is 1.62. The van der Waals surface area contributed by atoms with Crippen molar-refractivity contribution in [1.82, 2.24) is 20.0 Å². The first-order valence-corrected chi connectivity index (χ1v) is 11.9. The van der Waals surface area contributed by atoms with Gasteiger partial charge in [0.1, 0.15) is 5.82 Å². The van der Waals surface area contributed by atoms with Crippen LogP contribution in [0.3, 0.4) is 0 Å². The van der Waals surface area contributed by atoms with E-state index in [9.17, 15) is 4.79 Å². The van der Waals surface area contributed by atoms with Gasteiger partial charge in [0.05, 0.1) is 21.3 Å². The van der Waals surface area contributed by atoms with Crippen molar-refractivity contribution in [2.75, 3.05) is 52.4 Å². The summed E-state index contributed by atoms with van der Waals surface area (Å²) in [7, 11) is 4.68.